The Bertz CT molecular complexity index is 278. The van der Waals surface area contributed by atoms with Crippen LogP contribution in [0.1, 0.15) is 38.4 Å². The lowest BCUT2D eigenvalue weighted by molar-refractivity contribution is 0.0351. The Labute approximate surface area is 109 Å². The molecule has 18 heavy (non-hydrogen) atoms. The van der Waals surface area contributed by atoms with Crippen molar-refractivity contribution in [2.45, 2.75) is 45.3 Å². The van der Waals surface area contributed by atoms with Crippen molar-refractivity contribution in [2.24, 2.45) is 0 Å². The summed E-state index contributed by atoms with van der Waals surface area (Å²) in [6.07, 6.45) is 5.90. The zero-order chi connectivity index (χ0) is 13.1. The van der Waals surface area contributed by atoms with Crippen molar-refractivity contribution in [1.82, 2.24) is 10.5 Å². The monoisotopic (exact) mass is 256 g/mol. The lowest BCUT2D eigenvalue weighted by atomic mass is 10.2. The van der Waals surface area contributed by atoms with Gasteiger partial charge in [0, 0.05) is 19.2 Å². The second-order valence-electron chi connectivity index (χ2n) is 4.40. The molecule has 1 aromatic heterocycles. The van der Waals surface area contributed by atoms with E-state index in [1.165, 1.54) is 19.3 Å². The summed E-state index contributed by atoms with van der Waals surface area (Å²) in [4.78, 5) is 0. The zero-order valence-electron chi connectivity index (χ0n) is 11.1. The Morgan fingerprint density at radius 1 is 1.44 bits per heavy atom. The van der Waals surface area contributed by atoms with Gasteiger partial charge in [0.25, 0.3) is 0 Å². The summed E-state index contributed by atoms with van der Waals surface area (Å²) in [5.74, 6) is 0.766. The smallest absolute Gasteiger partial charge is 0.150 e. The number of unbranched alkanes of at least 4 members (excludes halogenated alkanes) is 3. The van der Waals surface area contributed by atoms with E-state index in [0.29, 0.717) is 19.7 Å². The minimum Gasteiger partial charge on any atom is -0.389 e. The van der Waals surface area contributed by atoms with E-state index in [9.17, 15) is 5.11 Å². The number of nitrogens with one attached hydrogen (secondary N) is 1. The second-order valence-corrected chi connectivity index (χ2v) is 4.40. The molecule has 5 nitrogen and oxygen atoms in total. The molecule has 0 amide bonds. The normalized spacial score (nSPS) is 12.8. The van der Waals surface area contributed by atoms with Gasteiger partial charge in [0.2, 0.25) is 0 Å². The predicted molar refractivity (Wildman–Crippen MR) is 69.2 cm³/mol. The average Bonchev–Trinajstić information content (AvgIpc) is 2.87. The van der Waals surface area contributed by atoms with Gasteiger partial charge < -0.3 is 19.7 Å². The second kappa shape index (κ2) is 10.1. The van der Waals surface area contributed by atoms with Crippen molar-refractivity contribution in [3.8, 4) is 0 Å². The quantitative estimate of drug-likeness (QED) is 0.590. The molecule has 1 rings (SSSR count). The van der Waals surface area contributed by atoms with Crippen LogP contribution in [0.2, 0.25) is 0 Å². The van der Waals surface area contributed by atoms with Crippen molar-refractivity contribution in [3.05, 3.63) is 18.0 Å². The van der Waals surface area contributed by atoms with Crippen molar-refractivity contribution in [1.29, 1.82) is 0 Å². The fraction of sp³-hybridized carbons (Fsp3) is 0.769. The van der Waals surface area contributed by atoms with Crippen LogP contribution in [0, 0.1) is 0 Å². The van der Waals surface area contributed by atoms with Crippen LogP contribution in [-0.4, -0.2) is 36.1 Å². The third-order valence-electron chi connectivity index (χ3n) is 2.62. The molecule has 1 atom stereocenters. The number of aromatic nitrogens is 1. The third kappa shape index (κ3) is 7.42. The number of hydrogen-bond acceptors (Lipinski definition) is 5. The highest BCUT2D eigenvalue weighted by Crippen LogP contribution is 1.99. The average molecular weight is 256 g/mol. The van der Waals surface area contributed by atoms with Gasteiger partial charge in [0.15, 0.2) is 0 Å². The molecule has 1 heterocycles. The largest absolute Gasteiger partial charge is 0.389 e. The molecule has 5 heteroatoms. The van der Waals surface area contributed by atoms with Gasteiger partial charge in [-0.2, -0.15) is 0 Å². The Kier molecular flexibility index (Phi) is 8.46. The Balaban J connectivity index is 1.89. The van der Waals surface area contributed by atoms with Crippen LogP contribution in [0.5, 0.6) is 0 Å². The summed E-state index contributed by atoms with van der Waals surface area (Å²) < 4.78 is 10.3. The molecular formula is C13H24N2O3. The number of nitrogens with zero attached hydrogens (tertiary/aromatic N) is 1. The van der Waals surface area contributed by atoms with Crippen LogP contribution < -0.4 is 5.32 Å². The Morgan fingerprint density at radius 3 is 3.06 bits per heavy atom. The van der Waals surface area contributed by atoms with Gasteiger partial charge in [-0.1, -0.05) is 31.3 Å². The van der Waals surface area contributed by atoms with E-state index in [-0.39, 0.29) is 0 Å². The fourth-order valence-corrected chi connectivity index (χ4v) is 1.60. The van der Waals surface area contributed by atoms with Crippen LogP contribution in [0.4, 0.5) is 0 Å². The van der Waals surface area contributed by atoms with Gasteiger partial charge in [-0.15, -0.1) is 0 Å². The molecule has 0 spiro atoms. The first-order valence-corrected chi connectivity index (χ1v) is 6.69. The maximum Gasteiger partial charge on any atom is 0.150 e. The third-order valence-corrected chi connectivity index (χ3v) is 2.62. The van der Waals surface area contributed by atoms with E-state index in [1.54, 1.807) is 12.3 Å². The van der Waals surface area contributed by atoms with Gasteiger partial charge in [0.05, 0.1) is 25.5 Å². The molecule has 0 bridgehead atoms. The molecule has 0 fully saturated rings. The van der Waals surface area contributed by atoms with Crippen LogP contribution in [0.25, 0.3) is 0 Å². The van der Waals surface area contributed by atoms with E-state index >= 15 is 0 Å². The SMILES string of the molecule is CCCCCCOCC(O)CNCc1ccno1. The lowest BCUT2D eigenvalue weighted by Crippen LogP contribution is -2.30. The van der Waals surface area contributed by atoms with E-state index in [0.717, 1.165) is 18.8 Å². The van der Waals surface area contributed by atoms with E-state index < -0.39 is 6.10 Å². The molecule has 0 aliphatic heterocycles. The van der Waals surface area contributed by atoms with Gasteiger partial charge >= 0.3 is 0 Å². The number of ether oxygens (including phenoxy) is 1. The number of rotatable bonds is 11. The molecule has 0 aliphatic carbocycles. The molecule has 2 N–H and O–H groups in total. The van der Waals surface area contributed by atoms with Crippen LogP contribution in [-0.2, 0) is 11.3 Å². The highest BCUT2D eigenvalue weighted by atomic mass is 16.5. The molecule has 104 valence electrons. The molecule has 0 radical (unpaired) electrons. The molecule has 0 aliphatic rings. The van der Waals surface area contributed by atoms with Gasteiger partial charge in [-0.25, -0.2) is 0 Å². The van der Waals surface area contributed by atoms with Crippen molar-refractivity contribution in [3.63, 3.8) is 0 Å². The standard InChI is InChI=1S/C13H24N2O3/c1-2-3-4-5-8-17-11-12(16)9-14-10-13-6-7-15-18-13/h6-7,12,14,16H,2-5,8-11H2,1H3. The summed E-state index contributed by atoms with van der Waals surface area (Å²) >= 11 is 0. The van der Waals surface area contributed by atoms with Crippen molar-refractivity contribution < 1.29 is 14.4 Å². The van der Waals surface area contributed by atoms with E-state index in [1.807, 2.05) is 0 Å². The van der Waals surface area contributed by atoms with Gasteiger partial charge in [0.1, 0.15) is 5.76 Å². The topological polar surface area (TPSA) is 67.5 Å². The first-order valence-electron chi connectivity index (χ1n) is 6.69. The Hall–Kier alpha value is -0.910. The highest BCUT2D eigenvalue weighted by Gasteiger charge is 2.04. The highest BCUT2D eigenvalue weighted by molar-refractivity contribution is 4.91. The lowest BCUT2D eigenvalue weighted by Gasteiger charge is -2.11. The van der Waals surface area contributed by atoms with Crippen LogP contribution >= 0.6 is 0 Å². The molecule has 0 saturated heterocycles. The molecule has 0 saturated carbocycles. The molecule has 1 unspecified atom stereocenters. The first-order chi connectivity index (χ1) is 8.83. The Morgan fingerprint density at radius 2 is 2.33 bits per heavy atom. The fourth-order valence-electron chi connectivity index (χ4n) is 1.60. The first kappa shape index (κ1) is 15.1. The van der Waals surface area contributed by atoms with Crippen molar-refractivity contribution in [2.75, 3.05) is 19.8 Å². The van der Waals surface area contributed by atoms with Crippen LogP contribution in [0.3, 0.4) is 0 Å². The maximum absolute atomic E-state index is 9.65. The summed E-state index contributed by atoms with van der Waals surface area (Å²) in [6, 6.07) is 1.80. The molecular weight excluding hydrogens is 232 g/mol. The summed E-state index contributed by atoms with van der Waals surface area (Å²) in [6.45, 7) is 4.38. The van der Waals surface area contributed by atoms with E-state index in [2.05, 4.69) is 17.4 Å². The number of aliphatic hydroxyl groups is 1. The minimum absolute atomic E-state index is 0.384. The summed E-state index contributed by atoms with van der Waals surface area (Å²) in [5.41, 5.74) is 0. The number of hydrogen-bond donors (Lipinski definition) is 2. The number of aliphatic hydroxyl groups excluding tert-OH is 1. The predicted octanol–water partition coefficient (Wildman–Crippen LogP) is 1.72. The molecule has 0 aromatic carbocycles. The van der Waals surface area contributed by atoms with Crippen molar-refractivity contribution >= 4 is 0 Å². The molecule has 1 aromatic rings. The van der Waals surface area contributed by atoms with Gasteiger partial charge in [-0.05, 0) is 6.42 Å². The van der Waals surface area contributed by atoms with Gasteiger partial charge in [-0.3, -0.25) is 0 Å². The maximum atomic E-state index is 9.65. The summed E-state index contributed by atoms with van der Waals surface area (Å²) in [5, 5.41) is 16.3. The minimum atomic E-state index is -0.473. The van der Waals surface area contributed by atoms with E-state index in [4.69, 9.17) is 9.26 Å². The van der Waals surface area contributed by atoms with Crippen LogP contribution in [0.15, 0.2) is 16.8 Å². The summed E-state index contributed by atoms with van der Waals surface area (Å²) in [7, 11) is 0. The zero-order valence-corrected chi connectivity index (χ0v) is 11.1.